The number of fused-ring (bicyclic) bond motifs is 1. The summed E-state index contributed by atoms with van der Waals surface area (Å²) in [6.07, 6.45) is 8.94. The average Bonchev–Trinajstić information content (AvgIpc) is 2.93. The molecule has 37 heavy (non-hydrogen) atoms. The van der Waals surface area contributed by atoms with Crippen molar-refractivity contribution in [2.45, 2.75) is 90.4 Å². The van der Waals surface area contributed by atoms with Crippen molar-refractivity contribution in [3.63, 3.8) is 0 Å². The minimum atomic E-state index is -0.281. The largest absolute Gasteiger partial charge is 0.507 e. The second-order valence-electron chi connectivity index (χ2n) is 10.8. The van der Waals surface area contributed by atoms with Gasteiger partial charge in [0, 0.05) is 36.8 Å². The Morgan fingerprint density at radius 2 is 1.43 bits per heavy atom. The van der Waals surface area contributed by atoms with Gasteiger partial charge in [-0.05, 0) is 51.6 Å². The van der Waals surface area contributed by atoms with E-state index < -0.39 is 0 Å². The second kappa shape index (κ2) is 11.3. The molecule has 0 saturated carbocycles. The first-order chi connectivity index (χ1) is 18.0. The van der Waals surface area contributed by atoms with Crippen molar-refractivity contribution in [3.05, 3.63) is 57.7 Å². The average molecular weight is 505 g/mol. The van der Waals surface area contributed by atoms with E-state index in [-0.39, 0.29) is 22.3 Å². The number of phenols is 2. The highest BCUT2D eigenvalue weighted by atomic mass is 16.3. The molecule has 2 atom stereocenters. The number of hydrogen-bond donors (Lipinski definition) is 2. The van der Waals surface area contributed by atoms with Crippen LogP contribution in [0.5, 0.6) is 11.5 Å². The molecule has 5 rings (SSSR count). The SMILES string of the molecule is CC[C@@H]1CCCCN1Cc1c(O)c(CN2CCCC[C@@H]2CC)c2oc(-c3ccccc3)cc(=O)c2c1O. The fourth-order valence-corrected chi connectivity index (χ4v) is 6.39. The van der Waals surface area contributed by atoms with Crippen molar-refractivity contribution in [1.29, 1.82) is 0 Å². The van der Waals surface area contributed by atoms with Crippen LogP contribution in [-0.4, -0.2) is 45.2 Å². The highest BCUT2D eigenvalue weighted by molar-refractivity contribution is 5.91. The van der Waals surface area contributed by atoms with Crippen molar-refractivity contribution in [2.24, 2.45) is 0 Å². The zero-order valence-electron chi connectivity index (χ0n) is 22.2. The maximum atomic E-state index is 13.5. The van der Waals surface area contributed by atoms with Crippen LogP contribution in [0.2, 0.25) is 0 Å². The molecule has 0 spiro atoms. The zero-order chi connectivity index (χ0) is 25.9. The molecule has 0 radical (unpaired) electrons. The third-order valence-corrected chi connectivity index (χ3v) is 8.54. The number of nitrogens with zero attached hydrogens (tertiary/aromatic N) is 2. The third-order valence-electron chi connectivity index (χ3n) is 8.54. The van der Waals surface area contributed by atoms with Gasteiger partial charge < -0.3 is 14.6 Å². The van der Waals surface area contributed by atoms with Gasteiger partial charge in [0.2, 0.25) is 0 Å². The number of rotatable bonds is 7. The molecular formula is C31H40N2O4. The Bertz CT molecular complexity index is 1290. The van der Waals surface area contributed by atoms with Gasteiger partial charge in [-0.3, -0.25) is 14.6 Å². The number of hydrogen-bond acceptors (Lipinski definition) is 6. The quantitative estimate of drug-likeness (QED) is 0.388. The molecule has 2 aliphatic heterocycles. The lowest BCUT2D eigenvalue weighted by atomic mass is 9.95. The fourth-order valence-electron chi connectivity index (χ4n) is 6.39. The minimum absolute atomic E-state index is 0.0687. The lowest BCUT2D eigenvalue weighted by Gasteiger charge is -2.37. The molecule has 3 heterocycles. The molecule has 2 fully saturated rings. The number of aromatic hydroxyl groups is 2. The molecule has 6 nitrogen and oxygen atoms in total. The fraction of sp³-hybridized carbons (Fsp3) is 0.516. The highest BCUT2D eigenvalue weighted by Crippen LogP contribution is 2.42. The van der Waals surface area contributed by atoms with Crippen LogP contribution >= 0.6 is 0 Å². The first kappa shape index (κ1) is 25.8. The Labute approximate surface area is 219 Å². The van der Waals surface area contributed by atoms with Crippen LogP contribution in [-0.2, 0) is 13.1 Å². The Morgan fingerprint density at radius 3 is 2.03 bits per heavy atom. The molecular weight excluding hydrogens is 464 g/mol. The molecule has 2 aromatic carbocycles. The first-order valence-electron chi connectivity index (χ1n) is 14.1. The van der Waals surface area contributed by atoms with E-state index in [1.807, 2.05) is 30.3 Å². The van der Waals surface area contributed by atoms with Crippen molar-refractivity contribution in [3.8, 4) is 22.8 Å². The summed E-state index contributed by atoms with van der Waals surface area (Å²) in [6.45, 7) is 7.19. The van der Waals surface area contributed by atoms with Gasteiger partial charge in [-0.1, -0.05) is 57.0 Å². The van der Waals surface area contributed by atoms with E-state index >= 15 is 0 Å². The molecule has 1 aromatic heterocycles. The van der Waals surface area contributed by atoms with E-state index in [2.05, 4.69) is 23.6 Å². The molecule has 3 aromatic rings. The smallest absolute Gasteiger partial charge is 0.197 e. The third kappa shape index (κ3) is 5.14. The van der Waals surface area contributed by atoms with Crippen molar-refractivity contribution in [1.82, 2.24) is 9.80 Å². The molecule has 0 amide bonds. The first-order valence-corrected chi connectivity index (χ1v) is 14.1. The van der Waals surface area contributed by atoms with Crippen LogP contribution in [0.4, 0.5) is 0 Å². The van der Waals surface area contributed by atoms with Crippen LogP contribution in [0.3, 0.4) is 0 Å². The minimum Gasteiger partial charge on any atom is -0.507 e. The maximum Gasteiger partial charge on any atom is 0.197 e. The maximum absolute atomic E-state index is 13.5. The van der Waals surface area contributed by atoms with Crippen LogP contribution in [0.1, 0.15) is 76.3 Å². The lowest BCUT2D eigenvalue weighted by molar-refractivity contribution is 0.130. The summed E-state index contributed by atoms with van der Waals surface area (Å²) < 4.78 is 6.36. The normalized spacial score (nSPS) is 21.5. The topological polar surface area (TPSA) is 77.2 Å². The number of phenolic OH excluding ortho intramolecular Hbond substituents is 2. The predicted molar refractivity (Wildman–Crippen MR) is 148 cm³/mol. The number of piperidine rings is 2. The molecule has 2 saturated heterocycles. The van der Waals surface area contributed by atoms with Gasteiger partial charge in [-0.15, -0.1) is 0 Å². The van der Waals surface area contributed by atoms with E-state index in [0.717, 1.165) is 57.2 Å². The standard InChI is InChI=1S/C31H40N2O4/c1-3-22-14-8-10-16-32(22)19-24-29(35)25(20-33-17-11-9-15-23(33)4-2)31-28(30(24)36)26(34)18-27(37-31)21-12-6-5-7-13-21/h5-7,12-13,18,22-23,35-36H,3-4,8-11,14-17,19-20H2,1-2H3/t22-,23+/m1/s1. The molecule has 198 valence electrons. The van der Waals surface area contributed by atoms with E-state index in [4.69, 9.17) is 4.42 Å². The summed E-state index contributed by atoms with van der Waals surface area (Å²) >= 11 is 0. The van der Waals surface area contributed by atoms with Crippen LogP contribution < -0.4 is 5.43 Å². The van der Waals surface area contributed by atoms with Crippen molar-refractivity contribution < 1.29 is 14.6 Å². The lowest BCUT2D eigenvalue weighted by Crippen LogP contribution is -2.39. The molecule has 0 bridgehead atoms. The van der Waals surface area contributed by atoms with Crippen LogP contribution in [0.25, 0.3) is 22.3 Å². The second-order valence-corrected chi connectivity index (χ2v) is 10.8. The summed E-state index contributed by atoms with van der Waals surface area (Å²) in [5.74, 6) is 0.369. The van der Waals surface area contributed by atoms with Crippen LogP contribution in [0, 0.1) is 0 Å². The molecule has 2 N–H and O–H groups in total. The Kier molecular flexibility index (Phi) is 7.87. The van der Waals surface area contributed by atoms with Gasteiger partial charge in [0.15, 0.2) is 11.0 Å². The van der Waals surface area contributed by atoms with Gasteiger partial charge in [-0.2, -0.15) is 0 Å². The monoisotopic (exact) mass is 504 g/mol. The zero-order valence-corrected chi connectivity index (χ0v) is 22.2. The summed E-state index contributed by atoms with van der Waals surface area (Å²) in [5.41, 5.74) is 1.88. The van der Waals surface area contributed by atoms with Gasteiger partial charge >= 0.3 is 0 Å². The predicted octanol–water partition coefficient (Wildman–Crippen LogP) is 6.40. The Morgan fingerprint density at radius 1 is 0.838 bits per heavy atom. The highest BCUT2D eigenvalue weighted by Gasteiger charge is 2.30. The Hall–Kier alpha value is -2.83. The van der Waals surface area contributed by atoms with Crippen molar-refractivity contribution in [2.75, 3.05) is 13.1 Å². The summed E-state index contributed by atoms with van der Waals surface area (Å²) in [5, 5.41) is 23.3. The van der Waals surface area contributed by atoms with Gasteiger partial charge in [0.25, 0.3) is 0 Å². The Balaban J connectivity index is 1.67. The van der Waals surface area contributed by atoms with E-state index in [0.29, 0.717) is 47.6 Å². The van der Waals surface area contributed by atoms with Gasteiger partial charge in [0.1, 0.15) is 22.6 Å². The van der Waals surface area contributed by atoms with E-state index in [1.54, 1.807) is 0 Å². The van der Waals surface area contributed by atoms with Crippen molar-refractivity contribution >= 4 is 11.0 Å². The summed E-state index contributed by atoms with van der Waals surface area (Å²) in [4.78, 5) is 18.3. The van der Waals surface area contributed by atoms with E-state index in [9.17, 15) is 15.0 Å². The summed E-state index contributed by atoms with van der Waals surface area (Å²) in [6, 6.07) is 11.8. The molecule has 2 aliphatic rings. The molecule has 6 heteroatoms. The number of benzene rings is 2. The van der Waals surface area contributed by atoms with Crippen LogP contribution in [0.15, 0.2) is 45.6 Å². The molecule has 0 aliphatic carbocycles. The van der Waals surface area contributed by atoms with Gasteiger partial charge in [0.05, 0.1) is 11.1 Å². The molecule has 0 unspecified atom stereocenters. The van der Waals surface area contributed by atoms with E-state index in [1.165, 1.54) is 18.9 Å². The van der Waals surface area contributed by atoms with Gasteiger partial charge in [-0.25, -0.2) is 0 Å². The number of likely N-dealkylation sites (tertiary alicyclic amines) is 2. The summed E-state index contributed by atoms with van der Waals surface area (Å²) in [7, 11) is 0.